The number of hydrogen-bond donors (Lipinski definition) is 0. The molecule has 0 bridgehead atoms. The lowest BCUT2D eigenvalue weighted by Crippen LogP contribution is -2.36. The molecular formula is C30H34N2O7S. The monoisotopic (exact) mass is 566 g/mol. The summed E-state index contributed by atoms with van der Waals surface area (Å²) in [5.74, 6) is 2.04. The number of hydrogen-bond acceptors (Lipinski definition) is 9. The highest BCUT2D eigenvalue weighted by molar-refractivity contribution is 7.86. The first-order chi connectivity index (χ1) is 19.3. The van der Waals surface area contributed by atoms with Gasteiger partial charge in [0.1, 0.15) is 0 Å². The first-order valence-electron chi connectivity index (χ1n) is 13.3. The molecule has 0 amide bonds. The highest BCUT2D eigenvalue weighted by Crippen LogP contribution is 2.46. The molecule has 1 aliphatic heterocycles. The van der Waals surface area contributed by atoms with Gasteiger partial charge in [0.15, 0.2) is 17.2 Å². The van der Waals surface area contributed by atoms with Gasteiger partial charge in [-0.15, -0.1) is 0 Å². The summed E-state index contributed by atoms with van der Waals surface area (Å²) < 4.78 is 54.3. The van der Waals surface area contributed by atoms with E-state index >= 15 is 0 Å². The van der Waals surface area contributed by atoms with Crippen molar-refractivity contribution in [1.29, 1.82) is 0 Å². The average Bonchev–Trinajstić information content (AvgIpc) is 2.96. The highest BCUT2D eigenvalue weighted by atomic mass is 32.2. The smallest absolute Gasteiger partial charge is 0.297 e. The Kier molecular flexibility index (Phi) is 8.00. The summed E-state index contributed by atoms with van der Waals surface area (Å²) in [5.41, 5.74) is 4.41. The van der Waals surface area contributed by atoms with E-state index in [4.69, 9.17) is 28.1 Å². The van der Waals surface area contributed by atoms with Gasteiger partial charge in [0.25, 0.3) is 16.0 Å². The predicted molar refractivity (Wildman–Crippen MR) is 151 cm³/mol. The van der Waals surface area contributed by atoms with E-state index in [1.54, 1.807) is 51.8 Å². The van der Waals surface area contributed by atoms with Crippen molar-refractivity contribution in [2.75, 3.05) is 27.9 Å². The Morgan fingerprint density at radius 3 is 2.35 bits per heavy atom. The van der Waals surface area contributed by atoms with Crippen molar-refractivity contribution in [2.24, 2.45) is 4.99 Å². The van der Waals surface area contributed by atoms with Crippen LogP contribution >= 0.6 is 0 Å². The van der Waals surface area contributed by atoms with E-state index in [1.165, 1.54) is 0 Å². The van der Waals surface area contributed by atoms with Gasteiger partial charge in [-0.25, -0.2) is 4.98 Å². The molecule has 1 saturated carbocycles. The lowest BCUT2D eigenvalue weighted by molar-refractivity contribution is 0.140. The van der Waals surface area contributed by atoms with Crippen molar-refractivity contribution in [3.8, 4) is 23.1 Å². The Hall–Kier alpha value is -3.63. The Balaban J connectivity index is 1.53. The molecule has 0 radical (unpaired) electrons. The van der Waals surface area contributed by atoms with Crippen LogP contribution in [0.1, 0.15) is 54.4 Å². The maximum absolute atomic E-state index is 13.1. The molecule has 1 fully saturated rings. The number of aliphatic imine (C=N–C) groups is 1. The zero-order chi connectivity index (χ0) is 28.4. The largest absolute Gasteiger partial charge is 0.493 e. The van der Waals surface area contributed by atoms with Crippen LogP contribution in [0.25, 0.3) is 0 Å². The van der Waals surface area contributed by atoms with Crippen LogP contribution in [0.3, 0.4) is 0 Å². The molecule has 0 unspecified atom stereocenters. The molecule has 5 rings (SSSR count). The summed E-state index contributed by atoms with van der Waals surface area (Å²) in [5, 5.41) is 0. The molecule has 9 nitrogen and oxygen atoms in total. The average molecular weight is 567 g/mol. The molecule has 3 aromatic rings. The molecule has 1 aromatic heterocycles. The number of aromatic nitrogens is 1. The SMILES string of the molecule is CCOc1cc2c(cc1OC)C(c1cnc(OC)c(OC)c1)=N[C@@H]1CC[C@@H](OS(=O)(=O)c3ccc(C)cc3)C[C@H]21. The van der Waals surface area contributed by atoms with Crippen molar-refractivity contribution in [2.45, 2.75) is 56.1 Å². The number of rotatable bonds is 9. The Morgan fingerprint density at radius 1 is 0.925 bits per heavy atom. The van der Waals surface area contributed by atoms with Crippen LogP contribution in [0.5, 0.6) is 23.1 Å². The van der Waals surface area contributed by atoms with Gasteiger partial charge in [0.05, 0.1) is 50.7 Å². The minimum Gasteiger partial charge on any atom is -0.493 e. The predicted octanol–water partition coefficient (Wildman–Crippen LogP) is 5.08. The zero-order valence-corrected chi connectivity index (χ0v) is 24.2. The highest BCUT2D eigenvalue weighted by Gasteiger charge is 2.40. The van der Waals surface area contributed by atoms with Crippen molar-refractivity contribution in [3.05, 3.63) is 70.9 Å². The Labute approximate surface area is 235 Å². The second-order valence-electron chi connectivity index (χ2n) is 9.91. The number of benzene rings is 2. The first kappa shape index (κ1) is 27.9. The molecule has 2 aromatic carbocycles. The van der Waals surface area contributed by atoms with E-state index in [1.807, 2.05) is 32.0 Å². The summed E-state index contributed by atoms with van der Waals surface area (Å²) in [7, 11) is 0.813. The van der Waals surface area contributed by atoms with Crippen molar-refractivity contribution in [3.63, 3.8) is 0 Å². The molecule has 212 valence electrons. The molecule has 0 N–H and O–H groups in total. The summed E-state index contributed by atoms with van der Waals surface area (Å²) in [6.45, 7) is 4.31. The minimum atomic E-state index is -3.90. The standard InChI is InChI=1S/C30H34N2O7S/c1-6-38-27-15-22-23-14-20(39-40(33,34)21-10-7-18(2)8-11-21)9-12-25(23)32-29(24(22)16-26(27)35-3)19-13-28(36-4)30(37-5)31-17-19/h7-8,10-11,13,15-17,20,23,25H,6,9,12,14H2,1-5H3/t20-,23-,25-/m1/s1. The van der Waals surface area contributed by atoms with E-state index in [-0.39, 0.29) is 16.9 Å². The lowest BCUT2D eigenvalue weighted by atomic mass is 9.74. The summed E-state index contributed by atoms with van der Waals surface area (Å²) in [6, 6.07) is 12.4. The number of fused-ring (bicyclic) bond motifs is 3. The zero-order valence-electron chi connectivity index (χ0n) is 23.3. The van der Waals surface area contributed by atoms with Crippen LogP contribution in [0.4, 0.5) is 0 Å². The number of pyridine rings is 1. The Morgan fingerprint density at radius 2 is 1.68 bits per heavy atom. The summed E-state index contributed by atoms with van der Waals surface area (Å²) in [6.07, 6.45) is 2.98. The fourth-order valence-corrected chi connectivity index (χ4v) is 6.59. The molecule has 2 aliphatic rings. The maximum atomic E-state index is 13.1. The second kappa shape index (κ2) is 11.5. The van der Waals surface area contributed by atoms with Crippen molar-refractivity contribution < 1.29 is 31.5 Å². The van der Waals surface area contributed by atoms with Crippen LogP contribution in [-0.2, 0) is 14.3 Å². The summed E-state index contributed by atoms with van der Waals surface area (Å²) >= 11 is 0. The van der Waals surface area contributed by atoms with Crippen LogP contribution in [0, 0.1) is 6.92 Å². The molecule has 40 heavy (non-hydrogen) atoms. The third-order valence-electron chi connectivity index (χ3n) is 7.43. The third kappa shape index (κ3) is 5.38. The second-order valence-corrected chi connectivity index (χ2v) is 11.5. The van der Waals surface area contributed by atoms with Gasteiger partial charge in [-0.3, -0.25) is 9.18 Å². The van der Waals surface area contributed by atoms with E-state index in [0.29, 0.717) is 49.0 Å². The normalized spacial score (nSPS) is 20.1. The molecular weight excluding hydrogens is 532 g/mol. The van der Waals surface area contributed by atoms with E-state index in [0.717, 1.165) is 28.0 Å². The maximum Gasteiger partial charge on any atom is 0.297 e. The van der Waals surface area contributed by atoms with Crippen LogP contribution in [-0.4, -0.2) is 59.2 Å². The van der Waals surface area contributed by atoms with Gasteiger partial charge in [-0.05, 0) is 69.0 Å². The van der Waals surface area contributed by atoms with Gasteiger partial charge in [-0.2, -0.15) is 8.42 Å². The van der Waals surface area contributed by atoms with E-state index in [9.17, 15) is 8.42 Å². The fraction of sp³-hybridized carbons (Fsp3) is 0.400. The van der Waals surface area contributed by atoms with Gasteiger partial charge in [-0.1, -0.05) is 17.7 Å². The van der Waals surface area contributed by atoms with E-state index < -0.39 is 16.2 Å². The third-order valence-corrected chi connectivity index (χ3v) is 8.80. The number of aryl methyl sites for hydroxylation is 1. The quantitative estimate of drug-likeness (QED) is 0.331. The number of methoxy groups -OCH3 is 3. The topological polar surface area (TPSA) is 106 Å². The van der Waals surface area contributed by atoms with E-state index in [2.05, 4.69) is 4.98 Å². The van der Waals surface area contributed by atoms with Gasteiger partial charge < -0.3 is 18.9 Å². The summed E-state index contributed by atoms with van der Waals surface area (Å²) in [4.78, 5) is 9.76. The van der Waals surface area contributed by atoms with Gasteiger partial charge in [0, 0.05) is 23.2 Å². The van der Waals surface area contributed by atoms with Crippen LogP contribution in [0.15, 0.2) is 58.5 Å². The molecule has 2 heterocycles. The lowest BCUT2D eigenvalue weighted by Gasteiger charge is -2.38. The van der Waals surface area contributed by atoms with Crippen molar-refractivity contribution >= 4 is 15.8 Å². The first-order valence-corrected chi connectivity index (χ1v) is 14.7. The molecule has 10 heteroatoms. The van der Waals surface area contributed by atoms with Crippen LogP contribution in [0.2, 0.25) is 0 Å². The van der Waals surface area contributed by atoms with Gasteiger partial charge in [0.2, 0.25) is 0 Å². The molecule has 3 atom stereocenters. The molecule has 0 spiro atoms. The van der Waals surface area contributed by atoms with Gasteiger partial charge >= 0.3 is 0 Å². The minimum absolute atomic E-state index is 0.0658. The Bertz CT molecular complexity index is 1520. The molecule has 0 saturated heterocycles. The van der Waals surface area contributed by atoms with Crippen LogP contribution < -0.4 is 18.9 Å². The molecule has 1 aliphatic carbocycles. The van der Waals surface area contributed by atoms with Crippen molar-refractivity contribution in [1.82, 2.24) is 4.98 Å². The fourth-order valence-electron chi connectivity index (χ4n) is 5.47. The number of nitrogens with zero attached hydrogens (tertiary/aromatic N) is 2. The number of ether oxygens (including phenoxy) is 4.